The summed E-state index contributed by atoms with van der Waals surface area (Å²) in [4.78, 5) is 15.3. The number of hydrogen-bond donors (Lipinski definition) is 0. The number of hydrogen-bond acceptors (Lipinski definition) is 3. The maximum atomic E-state index is 11.3. The summed E-state index contributed by atoms with van der Waals surface area (Å²) in [7, 11) is 0. The molecule has 0 bridgehead atoms. The van der Waals surface area contributed by atoms with Gasteiger partial charge >= 0.3 is 0 Å². The molecule has 0 aliphatic carbocycles. The first-order chi connectivity index (χ1) is 10.2. The van der Waals surface area contributed by atoms with Crippen LogP contribution in [0.3, 0.4) is 0 Å². The number of aromatic nitrogens is 3. The molecule has 0 saturated carbocycles. The van der Waals surface area contributed by atoms with Gasteiger partial charge < -0.3 is 0 Å². The number of pyridine rings is 1. The average molecular weight is 342 g/mol. The summed E-state index contributed by atoms with van der Waals surface area (Å²) in [6, 6.07) is 9.68. The lowest BCUT2D eigenvalue weighted by molar-refractivity contribution is 0.112. The lowest BCUT2D eigenvalue weighted by atomic mass is 10.1. The Morgan fingerprint density at radius 1 is 1.19 bits per heavy atom. The van der Waals surface area contributed by atoms with E-state index in [1.54, 1.807) is 23.3 Å². The normalized spacial score (nSPS) is 10.6. The first kappa shape index (κ1) is 13.7. The summed E-state index contributed by atoms with van der Waals surface area (Å²) < 4.78 is 2.66. The molecule has 2 heterocycles. The number of nitrogens with zero attached hydrogens (tertiary/aromatic N) is 3. The minimum absolute atomic E-state index is 0.560. The standard InChI is InChI=1S/C16H12BrN3O/c1-11-6-12(8-14(17)7-11)16-13(10-21)9-20(19-16)15-2-4-18-5-3-15/h2-10H,1H3. The lowest BCUT2D eigenvalue weighted by Gasteiger charge is -2.02. The molecule has 4 nitrogen and oxygen atoms in total. The molecule has 3 rings (SSSR count). The zero-order chi connectivity index (χ0) is 14.8. The van der Waals surface area contributed by atoms with Gasteiger partial charge in [0.2, 0.25) is 0 Å². The molecule has 21 heavy (non-hydrogen) atoms. The van der Waals surface area contributed by atoms with Crippen molar-refractivity contribution < 1.29 is 4.79 Å². The number of benzene rings is 1. The smallest absolute Gasteiger partial charge is 0.153 e. The second-order valence-corrected chi connectivity index (χ2v) is 5.63. The van der Waals surface area contributed by atoms with Gasteiger partial charge in [-0.3, -0.25) is 9.78 Å². The molecule has 5 heteroatoms. The summed E-state index contributed by atoms with van der Waals surface area (Å²) in [5, 5.41) is 4.54. The Kier molecular flexibility index (Phi) is 3.66. The SMILES string of the molecule is Cc1cc(Br)cc(-c2nn(-c3ccncc3)cc2C=O)c1. The molecule has 0 aliphatic rings. The summed E-state index contributed by atoms with van der Waals surface area (Å²) in [5.74, 6) is 0. The molecule has 0 aliphatic heterocycles. The predicted octanol–water partition coefficient (Wildman–Crippen LogP) is 3.82. The van der Waals surface area contributed by atoms with Gasteiger partial charge in [0.15, 0.2) is 6.29 Å². The van der Waals surface area contributed by atoms with Gasteiger partial charge in [0.05, 0.1) is 11.3 Å². The largest absolute Gasteiger partial charge is 0.298 e. The Bertz CT molecular complexity index is 776. The van der Waals surface area contributed by atoms with Crippen molar-refractivity contribution in [1.82, 2.24) is 14.8 Å². The van der Waals surface area contributed by atoms with E-state index in [4.69, 9.17) is 0 Å². The van der Waals surface area contributed by atoms with Gasteiger partial charge in [-0.15, -0.1) is 0 Å². The maximum Gasteiger partial charge on any atom is 0.153 e. The van der Waals surface area contributed by atoms with Crippen LogP contribution in [-0.2, 0) is 0 Å². The van der Waals surface area contributed by atoms with Gasteiger partial charge in [0.25, 0.3) is 0 Å². The quantitative estimate of drug-likeness (QED) is 0.680. The van der Waals surface area contributed by atoms with E-state index in [0.29, 0.717) is 11.3 Å². The number of aldehydes is 1. The van der Waals surface area contributed by atoms with Crippen LogP contribution in [0, 0.1) is 6.92 Å². The molecular weight excluding hydrogens is 330 g/mol. The minimum Gasteiger partial charge on any atom is -0.298 e. The van der Waals surface area contributed by atoms with Crippen LogP contribution in [-0.4, -0.2) is 21.1 Å². The molecule has 0 spiro atoms. The van der Waals surface area contributed by atoms with Crippen LogP contribution in [0.1, 0.15) is 15.9 Å². The fraction of sp³-hybridized carbons (Fsp3) is 0.0625. The Balaban J connectivity index is 2.14. The minimum atomic E-state index is 0.560. The van der Waals surface area contributed by atoms with Crippen molar-refractivity contribution >= 4 is 22.2 Å². The van der Waals surface area contributed by atoms with E-state index < -0.39 is 0 Å². The second-order valence-electron chi connectivity index (χ2n) is 4.72. The van der Waals surface area contributed by atoms with Gasteiger partial charge in [-0.25, -0.2) is 4.68 Å². The fourth-order valence-electron chi connectivity index (χ4n) is 2.20. The third kappa shape index (κ3) is 2.78. The molecule has 0 amide bonds. The first-order valence-electron chi connectivity index (χ1n) is 6.40. The maximum absolute atomic E-state index is 11.3. The van der Waals surface area contributed by atoms with Gasteiger partial charge in [-0.1, -0.05) is 15.9 Å². The van der Waals surface area contributed by atoms with Gasteiger partial charge in [0, 0.05) is 28.6 Å². The van der Waals surface area contributed by atoms with E-state index in [-0.39, 0.29) is 0 Å². The van der Waals surface area contributed by atoms with Crippen LogP contribution in [0.2, 0.25) is 0 Å². The van der Waals surface area contributed by atoms with Crippen molar-refractivity contribution in [3.63, 3.8) is 0 Å². The number of carbonyl (C=O) groups is 1. The molecule has 0 radical (unpaired) electrons. The van der Waals surface area contributed by atoms with Crippen molar-refractivity contribution in [1.29, 1.82) is 0 Å². The van der Waals surface area contributed by atoms with E-state index in [0.717, 1.165) is 27.6 Å². The number of carbonyl (C=O) groups excluding carboxylic acids is 1. The molecule has 0 fully saturated rings. The highest BCUT2D eigenvalue weighted by Gasteiger charge is 2.12. The van der Waals surface area contributed by atoms with Crippen molar-refractivity contribution in [2.45, 2.75) is 6.92 Å². The molecule has 0 unspecified atom stereocenters. The molecule has 104 valence electrons. The monoisotopic (exact) mass is 341 g/mol. The van der Waals surface area contributed by atoms with Crippen LogP contribution < -0.4 is 0 Å². The van der Waals surface area contributed by atoms with E-state index in [1.807, 2.05) is 37.3 Å². The van der Waals surface area contributed by atoms with Gasteiger partial charge in [-0.2, -0.15) is 5.10 Å². The zero-order valence-electron chi connectivity index (χ0n) is 11.3. The van der Waals surface area contributed by atoms with E-state index in [9.17, 15) is 4.79 Å². The van der Waals surface area contributed by atoms with Crippen LogP contribution >= 0.6 is 15.9 Å². The van der Waals surface area contributed by atoms with Crippen LogP contribution in [0.25, 0.3) is 16.9 Å². The number of halogens is 1. The predicted molar refractivity (Wildman–Crippen MR) is 84.6 cm³/mol. The molecule has 2 aromatic heterocycles. The third-order valence-corrected chi connectivity index (χ3v) is 3.57. The Hall–Kier alpha value is -2.27. The van der Waals surface area contributed by atoms with Crippen molar-refractivity contribution in [3.05, 3.63) is 64.5 Å². The number of aryl methyl sites for hydroxylation is 1. The fourth-order valence-corrected chi connectivity index (χ4v) is 2.81. The van der Waals surface area contributed by atoms with Crippen molar-refractivity contribution in [2.24, 2.45) is 0 Å². The Morgan fingerprint density at radius 2 is 1.95 bits per heavy atom. The summed E-state index contributed by atoms with van der Waals surface area (Å²) in [6.45, 7) is 2.01. The van der Waals surface area contributed by atoms with Crippen LogP contribution in [0.4, 0.5) is 0 Å². The van der Waals surface area contributed by atoms with E-state index in [2.05, 4.69) is 26.0 Å². The van der Waals surface area contributed by atoms with Crippen molar-refractivity contribution in [3.8, 4) is 16.9 Å². The van der Waals surface area contributed by atoms with E-state index >= 15 is 0 Å². The summed E-state index contributed by atoms with van der Waals surface area (Å²) in [5.41, 5.74) is 4.12. The molecule has 0 atom stereocenters. The van der Waals surface area contributed by atoms with Gasteiger partial charge in [-0.05, 0) is 42.8 Å². The highest BCUT2D eigenvalue weighted by Crippen LogP contribution is 2.26. The first-order valence-corrected chi connectivity index (χ1v) is 7.19. The summed E-state index contributed by atoms with van der Waals surface area (Å²) in [6.07, 6.45) is 5.95. The molecule has 0 saturated heterocycles. The topological polar surface area (TPSA) is 47.8 Å². The molecule has 1 aromatic carbocycles. The molecular formula is C16H12BrN3O. The molecule has 0 N–H and O–H groups in total. The highest BCUT2D eigenvalue weighted by molar-refractivity contribution is 9.10. The summed E-state index contributed by atoms with van der Waals surface area (Å²) >= 11 is 3.48. The third-order valence-electron chi connectivity index (χ3n) is 3.11. The highest BCUT2D eigenvalue weighted by atomic mass is 79.9. The van der Waals surface area contributed by atoms with Crippen molar-refractivity contribution in [2.75, 3.05) is 0 Å². The average Bonchev–Trinajstić information content (AvgIpc) is 2.91. The van der Waals surface area contributed by atoms with E-state index in [1.165, 1.54) is 0 Å². The van der Waals surface area contributed by atoms with Crippen LogP contribution in [0.5, 0.6) is 0 Å². The lowest BCUT2D eigenvalue weighted by Crippen LogP contribution is -1.94. The van der Waals surface area contributed by atoms with Gasteiger partial charge in [0.1, 0.15) is 5.69 Å². The second kappa shape index (κ2) is 5.61. The van der Waals surface area contributed by atoms with Crippen LogP contribution in [0.15, 0.2) is 53.4 Å². The Labute approximate surface area is 130 Å². The Morgan fingerprint density at radius 3 is 2.62 bits per heavy atom. The number of rotatable bonds is 3. The zero-order valence-corrected chi connectivity index (χ0v) is 12.9. The molecule has 3 aromatic rings.